The maximum absolute atomic E-state index is 12.1. The summed E-state index contributed by atoms with van der Waals surface area (Å²) in [5.41, 5.74) is 3.21. The third kappa shape index (κ3) is 3.94. The molecule has 130 valence electrons. The fourth-order valence-electron chi connectivity index (χ4n) is 2.85. The van der Waals surface area contributed by atoms with Crippen molar-refractivity contribution in [3.05, 3.63) is 59.8 Å². The fourth-order valence-corrected chi connectivity index (χ4v) is 2.85. The summed E-state index contributed by atoms with van der Waals surface area (Å²) in [6, 6.07) is 13.8. The number of H-pyrrole nitrogens is 1. The molecule has 2 N–H and O–H groups in total. The molecule has 0 atom stereocenters. The van der Waals surface area contributed by atoms with Gasteiger partial charge in [-0.05, 0) is 35.7 Å². The van der Waals surface area contributed by atoms with Gasteiger partial charge in [0.2, 0.25) is 5.91 Å². The Bertz CT molecular complexity index is 870. The average Bonchev–Trinajstić information content (AvgIpc) is 3.07. The van der Waals surface area contributed by atoms with Gasteiger partial charge in [-0.15, -0.1) is 0 Å². The van der Waals surface area contributed by atoms with Crippen LogP contribution in [0.4, 0.5) is 0 Å². The van der Waals surface area contributed by atoms with Gasteiger partial charge in [-0.25, -0.2) is 0 Å². The van der Waals surface area contributed by atoms with Gasteiger partial charge in [0.25, 0.3) is 0 Å². The van der Waals surface area contributed by atoms with Crippen molar-refractivity contribution in [1.29, 1.82) is 0 Å². The Morgan fingerprint density at radius 3 is 2.68 bits per heavy atom. The number of aromatic amines is 1. The summed E-state index contributed by atoms with van der Waals surface area (Å²) in [7, 11) is 3.21. The third-order valence-corrected chi connectivity index (χ3v) is 4.24. The minimum Gasteiger partial charge on any atom is -0.493 e. The molecule has 0 aliphatic rings. The van der Waals surface area contributed by atoms with E-state index in [1.54, 1.807) is 14.2 Å². The van der Waals surface area contributed by atoms with E-state index in [4.69, 9.17) is 9.47 Å². The Hall–Kier alpha value is -2.95. The number of benzene rings is 2. The molecule has 0 saturated heterocycles. The van der Waals surface area contributed by atoms with Crippen LogP contribution in [0.15, 0.2) is 48.7 Å². The van der Waals surface area contributed by atoms with Crippen molar-refractivity contribution < 1.29 is 14.3 Å². The second-order valence-corrected chi connectivity index (χ2v) is 5.83. The zero-order valence-electron chi connectivity index (χ0n) is 14.5. The van der Waals surface area contributed by atoms with Gasteiger partial charge in [0.05, 0.1) is 14.2 Å². The Kier molecular flexibility index (Phi) is 5.23. The molecule has 3 aromatic rings. The largest absolute Gasteiger partial charge is 0.493 e. The summed E-state index contributed by atoms with van der Waals surface area (Å²) in [6.45, 7) is 0.523. The standard InChI is InChI=1S/C20H22N2O3/c1-24-18-9-7-14(11-19(18)25-2)8-10-20(23)22-13-15-12-21-17-6-4-3-5-16(15)17/h3-7,9,11-12,21H,8,10,13H2,1-2H3,(H,22,23). The molecule has 25 heavy (non-hydrogen) atoms. The molecule has 2 aromatic carbocycles. The van der Waals surface area contributed by atoms with Crippen molar-refractivity contribution in [1.82, 2.24) is 10.3 Å². The number of aromatic nitrogens is 1. The Balaban J connectivity index is 1.54. The molecule has 0 aliphatic heterocycles. The van der Waals surface area contributed by atoms with Crippen LogP contribution in [-0.4, -0.2) is 25.1 Å². The summed E-state index contributed by atoms with van der Waals surface area (Å²) < 4.78 is 10.5. The van der Waals surface area contributed by atoms with Gasteiger partial charge in [0.1, 0.15) is 0 Å². The highest BCUT2D eigenvalue weighted by molar-refractivity contribution is 5.84. The summed E-state index contributed by atoms with van der Waals surface area (Å²) >= 11 is 0. The van der Waals surface area contributed by atoms with Crippen molar-refractivity contribution in [3.63, 3.8) is 0 Å². The van der Waals surface area contributed by atoms with Crippen LogP contribution in [-0.2, 0) is 17.8 Å². The van der Waals surface area contributed by atoms with Crippen molar-refractivity contribution in [2.45, 2.75) is 19.4 Å². The molecule has 3 rings (SSSR count). The van der Waals surface area contributed by atoms with Crippen LogP contribution in [0.1, 0.15) is 17.5 Å². The normalized spacial score (nSPS) is 10.6. The van der Waals surface area contributed by atoms with E-state index in [0.29, 0.717) is 30.9 Å². The van der Waals surface area contributed by atoms with Crippen molar-refractivity contribution in [3.8, 4) is 11.5 Å². The van der Waals surface area contributed by atoms with E-state index in [0.717, 1.165) is 22.0 Å². The number of ether oxygens (including phenoxy) is 2. The maximum atomic E-state index is 12.1. The first-order valence-corrected chi connectivity index (χ1v) is 8.24. The number of methoxy groups -OCH3 is 2. The average molecular weight is 338 g/mol. The first kappa shape index (κ1) is 16.9. The number of hydrogen-bond acceptors (Lipinski definition) is 3. The summed E-state index contributed by atoms with van der Waals surface area (Å²) in [6.07, 6.45) is 3.02. The van der Waals surface area contributed by atoms with E-state index >= 15 is 0 Å². The minimum atomic E-state index is 0.0278. The predicted octanol–water partition coefficient (Wildman–Crippen LogP) is 3.43. The van der Waals surface area contributed by atoms with Crippen LogP contribution in [0, 0.1) is 0 Å². The molecule has 1 aromatic heterocycles. The molecule has 0 unspecified atom stereocenters. The van der Waals surface area contributed by atoms with E-state index in [-0.39, 0.29) is 5.91 Å². The Labute approximate surface area is 147 Å². The van der Waals surface area contributed by atoms with Crippen LogP contribution in [0.2, 0.25) is 0 Å². The lowest BCUT2D eigenvalue weighted by Crippen LogP contribution is -2.22. The van der Waals surface area contributed by atoms with E-state index < -0.39 is 0 Å². The molecule has 0 bridgehead atoms. The lowest BCUT2D eigenvalue weighted by atomic mass is 10.1. The van der Waals surface area contributed by atoms with Gasteiger partial charge in [0.15, 0.2) is 11.5 Å². The van der Waals surface area contributed by atoms with Crippen molar-refractivity contribution >= 4 is 16.8 Å². The van der Waals surface area contributed by atoms with E-state index in [9.17, 15) is 4.79 Å². The number of hydrogen-bond donors (Lipinski definition) is 2. The fraction of sp³-hybridized carbons (Fsp3) is 0.250. The number of amides is 1. The topological polar surface area (TPSA) is 63.3 Å². The highest BCUT2D eigenvalue weighted by atomic mass is 16.5. The first-order valence-electron chi connectivity index (χ1n) is 8.24. The van der Waals surface area contributed by atoms with Crippen LogP contribution < -0.4 is 14.8 Å². The van der Waals surface area contributed by atoms with Crippen LogP contribution >= 0.6 is 0 Å². The molecule has 5 nitrogen and oxygen atoms in total. The number of para-hydroxylation sites is 1. The second-order valence-electron chi connectivity index (χ2n) is 5.83. The quantitative estimate of drug-likeness (QED) is 0.694. The molecule has 0 aliphatic carbocycles. The Morgan fingerprint density at radius 2 is 1.88 bits per heavy atom. The number of aryl methyl sites for hydroxylation is 1. The number of rotatable bonds is 7. The van der Waals surface area contributed by atoms with Gasteiger partial charge in [-0.1, -0.05) is 24.3 Å². The minimum absolute atomic E-state index is 0.0278. The summed E-state index contributed by atoms with van der Waals surface area (Å²) in [5, 5.41) is 4.13. The molecule has 1 heterocycles. The van der Waals surface area contributed by atoms with Crippen molar-refractivity contribution in [2.24, 2.45) is 0 Å². The summed E-state index contributed by atoms with van der Waals surface area (Å²) in [4.78, 5) is 15.4. The van der Waals surface area contributed by atoms with E-state index in [2.05, 4.69) is 16.4 Å². The molecular weight excluding hydrogens is 316 g/mol. The molecule has 5 heteroatoms. The zero-order chi connectivity index (χ0) is 17.6. The molecular formula is C20H22N2O3. The number of fused-ring (bicyclic) bond motifs is 1. The lowest BCUT2D eigenvalue weighted by molar-refractivity contribution is -0.121. The number of nitrogens with one attached hydrogen (secondary N) is 2. The van der Waals surface area contributed by atoms with E-state index in [1.807, 2.05) is 42.6 Å². The molecule has 0 fully saturated rings. The third-order valence-electron chi connectivity index (χ3n) is 4.24. The van der Waals surface area contributed by atoms with Gasteiger partial charge in [-0.3, -0.25) is 4.79 Å². The molecule has 0 saturated carbocycles. The summed E-state index contributed by atoms with van der Waals surface area (Å²) in [5.74, 6) is 1.40. The van der Waals surface area contributed by atoms with Crippen molar-refractivity contribution in [2.75, 3.05) is 14.2 Å². The first-order chi connectivity index (χ1) is 12.2. The van der Waals surface area contributed by atoms with Gasteiger partial charge in [-0.2, -0.15) is 0 Å². The maximum Gasteiger partial charge on any atom is 0.220 e. The van der Waals surface area contributed by atoms with Crippen LogP contribution in [0.5, 0.6) is 11.5 Å². The van der Waals surface area contributed by atoms with Crippen LogP contribution in [0.3, 0.4) is 0 Å². The number of carbonyl (C=O) groups excluding carboxylic acids is 1. The predicted molar refractivity (Wildman–Crippen MR) is 98.0 cm³/mol. The molecule has 0 radical (unpaired) electrons. The molecule has 0 spiro atoms. The highest BCUT2D eigenvalue weighted by Crippen LogP contribution is 2.28. The molecule has 1 amide bonds. The monoisotopic (exact) mass is 338 g/mol. The second kappa shape index (κ2) is 7.75. The van der Waals surface area contributed by atoms with Gasteiger partial charge < -0.3 is 19.8 Å². The van der Waals surface area contributed by atoms with Crippen LogP contribution in [0.25, 0.3) is 10.9 Å². The zero-order valence-corrected chi connectivity index (χ0v) is 14.5. The lowest BCUT2D eigenvalue weighted by Gasteiger charge is -2.09. The Morgan fingerprint density at radius 1 is 1.08 bits per heavy atom. The highest BCUT2D eigenvalue weighted by Gasteiger charge is 2.08. The van der Waals surface area contributed by atoms with Gasteiger partial charge in [0, 0.05) is 30.1 Å². The smallest absolute Gasteiger partial charge is 0.220 e. The van der Waals surface area contributed by atoms with Gasteiger partial charge >= 0.3 is 0 Å². The number of carbonyl (C=O) groups is 1. The van der Waals surface area contributed by atoms with E-state index in [1.165, 1.54) is 0 Å². The SMILES string of the molecule is COc1ccc(CCC(=O)NCc2c[nH]c3ccccc23)cc1OC.